The van der Waals surface area contributed by atoms with Gasteiger partial charge in [-0.05, 0) is 12.1 Å². The van der Waals surface area contributed by atoms with E-state index in [1.807, 2.05) is 0 Å². The lowest BCUT2D eigenvalue weighted by atomic mass is 10.4. The highest BCUT2D eigenvalue weighted by Gasteiger charge is 2.12. The Morgan fingerprint density at radius 1 is 1.57 bits per heavy atom. The molecule has 4 nitrogen and oxygen atoms in total. The van der Waals surface area contributed by atoms with E-state index in [9.17, 15) is 8.42 Å². The van der Waals surface area contributed by atoms with Gasteiger partial charge in [0.15, 0.2) is 9.84 Å². The molecule has 0 aliphatic heterocycles. The van der Waals surface area contributed by atoms with Crippen LogP contribution in [0.25, 0.3) is 0 Å². The van der Waals surface area contributed by atoms with Crippen LogP contribution < -0.4 is 5.32 Å². The van der Waals surface area contributed by atoms with Gasteiger partial charge in [0.05, 0.1) is 0 Å². The molecule has 0 aromatic carbocycles. The maximum Gasteiger partial charge on any atom is 0.179 e. The first-order chi connectivity index (χ1) is 6.55. The van der Waals surface area contributed by atoms with E-state index in [-0.39, 0.29) is 4.90 Å². The number of nitrogens with zero attached hydrogens (tertiary/aromatic N) is 1. The number of sulfone groups is 1. The summed E-state index contributed by atoms with van der Waals surface area (Å²) in [5, 5.41) is 2.85. The van der Waals surface area contributed by atoms with Crippen molar-refractivity contribution in [3.8, 4) is 0 Å². The molecule has 0 bridgehead atoms. The van der Waals surface area contributed by atoms with Crippen LogP contribution in [0.2, 0.25) is 0 Å². The van der Waals surface area contributed by atoms with Gasteiger partial charge in [0.25, 0.3) is 0 Å². The fourth-order valence-electron chi connectivity index (χ4n) is 0.988. The molecule has 0 fully saturated rings. The number of halogens is 1. The molecule has 1 N–H and O–H groups in total. The number of nitrogens with one attached hydrogen (secondary N) is 1. The topological polar surface area (TPSA) is 59.1 Å². The van der Waals surface area contributed by atoms with Gasteiger partial charge in [-0.2, -0.15) is 0 Å². The molecule has 14 heavy (non-hydrogen) atoms. The quantitative estimate of drug-likeness (QED) is 0.794. The Labute approximate surface area is 88.2 Å². The molecule has 1 heterocycles. The first-order valence-corrected chi connectivity index (χ1v) is 6.43. The van der Waals surface area contributed by atoms with E-state index in [0.717, 1.165) is 6.26 Å². The monoisotopic (exact) mass is 234 g/mol. The van der Waals surface area contributed by atoms with E-state index in [0.29, 0.717) is 18.2 Å². The van der Waals surface area contributed by atoms with Crippen LogP contribution in [0.1, 0.15) is 0 Å². The second-order valence-corrected chi connectivity index (χ2v) is 5.10. The van der Waals surface area contributed by atoms with Gasteiger partial charge in [-0.25, -0.2) is 13.4 Å². The van der Waals surface area contributed by atoms with E-state index in [1.54, 1.807) is 6.07 Å². The van der Waals surface area contributed by atoms with Crippen molar-refractivity contribution < 1.29 is 8.42 Å². The van der Waals surface area contributed by atoms with E-state index in [2.05, 4.69) is 10.3 Å². The molecular formula is C8H11ClN2O2S. The number of alkyl halides is 1. The average molecular weight is 235 g/mol. The number of hydrogen-bond acceptors (Lipinski definition) is 4. The van der Waals surface area contributed by atoms with Gasteiger partial charge >= 0.3 is 0 Å². The second kappa shape index (κ2) is 4.61. The van der Waals surface area contributed by atoms with Crippen LogP contribution in [0.4, 0.5) is 5.82 Å². The standard InChI is InChI=1S/C8H11ClN2O2S/c1-14(12,13)7-3-2-5-10-8(7)11-6-4-9/h2-3,5H,4,6H2,1H3,(H,10,11). The van der Waals surface area contributed by atoms with E-state index < -0.39 is 9.84 Å². The molecular weight excluding hydrogens is 224 g/mol. The smallest absolute Gasteiger partial charge is 0.179 e. The largest absolute Gasteiger partial charge is 0.368 e. The molecule has 0 unspecified atom stereocenters. The predicted molar refractivity (Wildman–Crippen MR) is 56.6 cm³/mol. The third-order valence-electron chi connectivity index (χ3n) is 1.56. The van der Waals surface area contributed by atoms with Crippen LogP contribution in [-0.2, 0) is 9.84 Å². The lowest BCUT2D eigenvalue weighted by molar-refractivity contribution is 0.602. The molecule has 0 aliphatic carbocycles. The summed E-state index contributed by atoms with van der Waals surface area (Å²) in [4.78, 5) is 4.13. The molecule has 1 rings (SSSR count). The van der Waals surface area contributed by atoms with Crippen LogP contribution in [0, 0.1) is 0 Å². The Morgan fingerprint density at radius 2 is 2.29 bits per heavy atom. The van der Waals surface area contributed by atoms with Crippen LogP contribution >= 0.6 is 11.6 Å². The first-order valence-electron chi connectivity index (χ1n) is 4.00. The van der Waals surface area contributed by atoms with Crippen molar-refractivity contribution >= 4 is 27.3 Å². The molecule has 1 aromatic heterocycles. The molecule has 1 aromatic rings. The Hall–Kier alpha value is -0.810. The van der Waals surface area contributed by atoms with Crippen LogP contribution in [0.3, 0.4) is 0 Å². The van der Waals surface area contributed by atoms with Crippen LogP contribution in [-0.4, -0.2) is 32.1 Å². The fraction of sp³-hybridized carbons (Fsp3) is 0.375. The van der Waals surface area contributed by atoms with Gasteiger partial charge in [0.1, 0.15) is 10.7 Å². The molecule has 0 amide bonds. The van der Waals surface area contributed by atoms with Gasteiger partial charge in [-0.15, -0.1) is 11.6 Å². The molecule has 0 saturated carbocycles. The molecule has 0 aliphatic rings. The van der Waals surface area contributed by atoms with Crippen molar-refractivity contribution in [1.29, 1.82) is 0 Å². The van der Waals surface area contributed by atoms with Crippen molar-refractivity contribution in [2.45, 2.75) is 4.90 Å². The summed E-state index contributed by atoms with van der Waals surface area (Å²) in [7, 11) is -3.23. The number of pyridine rings is 1. The lowest BCUT2D eigenvalue weighted by Crippen LogP contribution is -2.09. The summed E-state index contributed by atoms with van der Waals surface area (Å²) in [5.41, 5.74) is 0. The van der Waals surface area contributed by atoms with Gasteiger partial charge in [-0.3, -0.25) is 0 Å². The third-order valence-corrected chi connectivity index (χ3v) is 2.87. The highest BCUT2D eigenvalue weighted by molar-refractivity contribution is 7.90. The number of hydrogen-bond donors (Lipinski definition) is 1. The molecule has 6 heteroatoms. The first kappa shape index (κ1) is 11.3. The summed E-state index contributed by atoms with van der Waals surface area (Å²) in [6.07, 6.45) is 2.68. The Bertz CT molecular complexity index is 406. The lowest BCUT2D eigenvalue weighted by Gasteiger charge is -2.07. The summed E-state index contributed by atoms with van der Waals surface area (Å²) >= 11 is 5.48. The number of anilines is 1. The zero-order valence-corrected chi connectivity index (χ0v) is 9.27. The molecule has 0 radical (unpaired) electrons. The van der Waals surface area contributed by atoms with E-state index in [4.69, 9.17) is 11.6 Å². The highest BCUT2D eigenvalue weighted by Crippen LogP contribution is 2.17. The Kier molecular flexibility index (Phi) is 3.71. The number of rotatable bonds is 4. The minimum atomic E-state index is -3.23. The van der Waals surface area contributed by atoms with E-state index >= 15 is 0 Å². The molecule has 0 atom stereocenters. The SMILES string of the molecule is CS(=O)(=O)c1cccnc1NCCCl. The maximum atomic E-state index is 11.3. The van der Waals surface area contributed by atoms with Crippen molar-refractivity contribution in [1.82, 2.24) is 4.98 Å². The van der Waals surface area contributed by atoms with Crippen molar-refractivity contribution in [3.05, 3.63) is 18.3 Å². The Balaban J connectivity index is 3.04. The zero-order valence-electron chi connectivity index (χ0n) is 7.70. The number of aromatic nitrogens is 1. The van der Waals surface area contributed by atoms with Crippen LogP contribution in [0.15, 0.2) is 23.2 Å². The maximum absolute atomic E-state index is 11.3. The minimum absolute atomic E-state index is 0.199. The average Bonchev–Trinajstić information content (AvgIpc) is 2.14. The highest BCUT2D eigenvalue weighted by atomic mass is 35.5. The van der Waals surface area contributed by atoms with Crippen molar-refractivity contribution in [2.75, 3.05) is 24.0 Å². The van der Waals surface area contributed by atoms with Gasteiger partial charge in [-0.1, -0.05) is 0 Å². The molecule has 0 saturated heterocycles. The van der Waals surface area contributed by atoms with Crippen LogP contribution in [0.5, 0.6) is 0 Å². The third kappa shape index (κ3) is 2.85. The zero-order chi connectivity index (χ0) is 10.6. The summed E-state index contributed by atoms with van der Waals surface area (Å²) in [6.45, 7) is 0.487. The second-order valence-electron chi connectivity index (χ2n) is 2.74. The van der Waals surface area contributed by atoms with Crippen molar-refractivity contribution in [3.63, 3.8) is 0 Å². The minimum Gasteiger partial charge on any atom is -0.368 e. The normalized spacial score (nSPS) is 11.3. The fourth-order valence-corrected chi connectivity index (χ4v) is 1.88. The van der Waals surface area contributed by atoms with Gasteiger partial charge < -0.3 is 5.32 Å². The van der Waals surface area contributed by atoms with E-state index in [1.165, 1.54) is 12.3 Å². The van der Waals surface area contributed by atoms with Gasteiger partial charge in [0, 0.05) is 24.9 Å². The summed E-state index contributed by atoms with van der Waals surface area (Å²) in [6, 6.07) is 3.10. The summed E-state index contributed by atoms with van der Waals surface area (Å²) in [5.74, 6) is 0.760. The molecule has 78 valence electrons. The van der Waals surface area contributed by atoms with Crippen molar-refractivity contribution in [2.24, 2.45) is 0 Å². The summed E-state index contributed by atoms with van der Waals surface area (Å²) < 4.78 is 22.6. The predicted octanol–water partition coefficient (Wildman–Crippen LogP) is 1.14. The molecule has 0 spiro atoms. The Morgan fingerprint density at radius 3 is 2.86 bits per heavy atom. The van der Waals surface area contributed by atoms with Gasteiger partial charge in [0.2, 0.25) is 0 Å².